The van der Waals surface area contributed by atoms with Crippen LogP contribution in [0, 0.1) is 0 Å². The van der Waals surface area contributed by atoms with E-state index in [2.05, 4.69) is 115 Å². The first-order valence-corrected chi connectivity index (χ1v) is 16.4. The maximum atomic E-state index is 6.48. The molecule has 0 N–H and O–H groups in total. The normalized spacial score (nSPS) is 11.7. The van der Waals surface area contributed by atoms with E-state index in [0.717, 1.165) is 60.5 Å². The van der Waals surface area contributed by atoms with Crippen molar-refractivity contribution in [3.63, 3.8) is 0 Å². The summed E-state index contributed by atoms with van der Waals surface area (Å²) in [6.45, 7) is 0. The smallest absolute Gasteiger partial charge is 0.164 e. The summed E-state index contributed by atoms with van der Waals surface area (Å²) in [6.07, 6.45) is 0. The molecule has 4 heteroatoms. The van der Waals surface area contributed by atoms with Crippen molar-refractivity contribution in [2.75, 3.05) is 0 Å². The predicted molar refractivity (Wildman–Crippen MR) is 201 cm³/mol. The molecule has 49 heavy (non-hydrogen) atoms. The molecule has 0 fully saturated rings. The number of hydrogen-bond acceptors (Lipinski definition) is 4. The minimum atomic E-state index is 0.604. The Kier molecular flexibility index (Phi) is 6.15. The highest BCUT2D eigenvalue weighted by molar-refractivity contribution is 6.23. The van der Waals surface area contributed by atoms with Crippen LogP contribution in [0.4, 0.5) is 0 Å². The van der Waals surface area contributed by atoms with Crippen LogP contribution in [0.15, 0.2) is 168 Å². The standard InChI is InChI=1S/C45H27N3O/c1-3-12-28(13-4-1)31-24-25-36-40(27-31)49-39-21-11-20-37(42(36)39)44-46-43(30-15-5-2-6-16-30)47-45(48-44)38-26-32-23-22-29-14-7-8-17-33(29)41(32)35-19-10-9-18-34(35)38/h1-27H. The maximum Gasteiger partial charge on any atom is 0.164 e. The van der Waals surface area contributed by atoms with Gasteiger partial charge in [-0.15, -0.1) is 0 Å². The molecule has 0 spiro atoms. The van der Waals surface area contributed by atoms with Crippen LogP contribution in [0.25, 0.3) is 99.5 Å². The van der Waals surface area contributed by atoms with Gasteiger partial charge < -0.3 is 4.42 Å². The number of aromatic nitrogens is 3. The Balaban J connectivity index is 1.24. The van der Waals surface area contributed by atoms with E-state index in [1.54, 1.807) is 0 Å². The van der Waals surface area contributed by atoms with Crippen molar-refractivity contribution >= 4 is 54.3 Å². The molecule has 0 amide bonds. The van der Waals surface area contributed by atoms with Crippen molar-refractivity contribution in [3.8, 4) is 45.3 Å². The van der Waals surface area contributed by atoms with Gasteiger partial charge in [0, 0.05) is 27.5 Å². The highest BCUT2D eigenvalue weighted by Gasteiger charge is 2.20. The molecule has 8 aromatic carbocycles. The molecular weight excluding hydrogens is 599 g/mol. The zero-order valence-electron chi connectivity index (χ0n) is 26.3. The van der Waals surface area contributed by atoms with Crippen molar-refractivity contribution in [1.82, 2.24) is 15.0 Å². The molecule has 0 aliphatic heterocycles. The number of furan rings is 1. The van der Waals surface area contributed by atoms with E-state index >= 15 is 0 Å². The number of hydrogen-bond donors (Lipinski definition) is 0. The Morgan fingerprint density at radius 3 is 1.80 bits per heavy atom. The van der Waals surface area contributed by atoms with Crippen molar-refractivity contribution in [3.05, 3.63) is 164 Å². The third-order valence-electron chi connectivity index (χ3n) is 9.50. The molecule has 0 aliphatic rings. The number of fused-ring (bicyclic) bond motifs is 8. The first-order chi connectivity index (χ1) is 24.3. The second-order valence-corrected chi connectivity index (χ2v) is 12.4. The first kappa shape index (κ1) is 27.5. The Bertz CT molecular complexity index is 2880. The largest absolute Gasteiger partial charge is 0.456 e. The minimum absolute atomic E-state index is 0.604. The Hall–Kier alpha value is -6.65. The van der Waals surface area contributed by atoms with Gasteiger partial charge in [-0.05, 0) is 67.7 Å². The van der Waals surface area contributed by atoms with E-state index in [1.165, 1.54) is 21.5 Å². The summed E-state index contributed by atoms with van der Waals surface area (Å²) in [7, 11) is 0. The summed E-state index contributed by atoms with van der Waals surface area (Å²) in [6, 6.07) is 56.8. The summed E-state index contributed by atoms with van der Waals surface area (Å²) >= 11 is 0. The number of benzene rings is 8. The topological polar surface area (TPSA) is 51.8 Å². The zero-order chi connectivity index (χ0) is 32.3. The summed E-state index contributed by atoms with van der Waals surface area (Å²) in [4.78, 5) is 15.5. The van der Waals surface area contributed by atoms with Gasteiger partial charge in [-0.3, -0.25) is 0 Å². The molecule has 4 nitrogen and oxygen atoms in total. The van der Waals surface area contributed by atoms with E-state index < -0.39 is 0 Å². The fourth-order valence-electron chi connectivity index (χ4n) is 7.22. The molecule has 10 rings (SSSR count). The minimum Gasteiger partial charge on any atom is -0.456 e. The molecule has 0 radical (unpaired) electrons. The van der Waals surface area contributed by atoms with Crippen LogP contribution < -0.4 is 0 Å². The second-order valence-electron chi connectivity index (χ2n) is 12.4. The predicted octanol–water partition coefficient (Wildman–Crippen LogP) is 11.9. The Morgan fingerprint density at radius 1 is 0.327 bits per heavy atom. The summed E-state index contributed by atoms with van der Waals surface area (Å²) in [5.41, 5.74) is 6.68. The van der Waals surface area contributed by atoms with Gasteiger partial charge in [0.25, 0.3) is 0 Å². The third-order valence-corrected chi connectivity index (χ3v) is 9.50. The molecule has 2 aromatic heterocycles. The van der Waals surface area contributed by atoms with E-state index in [0.29, 0.717) is 17.5 Å². The van der Waals surface area contributed by atoms with E-state index in [1.807, 2.05) is 48.5 Å². The van der Waals surface area contributed by atoms with Gasteiger partial charge in [0.1, 0.15) is 11.2 Å². The lowest BCUT2D eigenvalue weighted by Gasteiger charge is -2.14. The van der Waals surface area contributed by atoms with Crippen LogP contribution in [-0.2, 0) is 0 Å². The molecule has 0 bridgehead atoms. The summed E-state index contributed by atoms with van der Waals surface area (Å²) in [5.74, 6) is 1.86. The van der Waals surface area contributed by atoms with E-state index in [4.69, 9.17) is 19.4 Å². The average molecular weight is 626 g/mol. The van der Waals surface area contributed by atoms with Crippen LogP contribution in [-0.4, -0.2) is 15.0 Å². The number of nitrogens with zero attached hydrogens (tertiary/aromatic N) is 3. The molecule has 0 atom stereocenters. The quantitative estimate of drug-likeness (QED) is 0.183. The molecule has 0 unspecified atom stereocenters. The molecule has 2 heterocycles. The SMILES string of the molecule is c1ccc(-c2ccc3c(c2)oc2cccc(-c4nc(-c5ccccc5)nc(-c5cc6ccc7ccccc7c6c6ccccc56)n4)c23)cc1. The molecule has 0 saturated heterocycles. The van der Waals surface area contributed by atoms with Gasteiger partial charge in [-0.1, -0.05) is 140 Å². The van der Waals surface area contributed by atoms with Gasteiger partial charge in [0.15, 0.2) is 17.5 Å². The van der Waals surface area contributed by atoms with Crippen LogP contribution >= 0.6 is 0 Å². The van der Waals surface area contributed by atoms with Crippen LogP contribution in [0.3, 0.4) is 0 Å². The zero-order valence-corrected chi connectivity index (χ0v) is 26.3. The molecule has 228 valence electrons. The molecule has 0 aliphatic carbocycles. The lowest BCUT2D eigenvalue weighted by Crippen LogP contribution is -2.01. The number of rotatable bonds is 4. The lowest BCUT2D eigenvalue weighted by molar-refractivity contribution is 0.669. The lowest BCUT2D eigenvalue weighted by atomic mass is 9.93. The van der Waals surface area contributed by atoms with Crippen molar-refractivity contribution in [1.29, 1.82) is 0 Å². The van der Waals surface area contributed by atoms with Gasteiger partial charge in [0.2, 0.25) is 0 Å². The second kappa shape index (κ2) is 11.0. The van der Waals surface area contributed by atoms with Crippen LogP contribution in [0.1, 0.15) is 0 Å². The van der Waals surface area contributed by atoms with Gasteiger partial charge >= 0.3 is 0 Å². The van der Waals surface area contributed by atoms with E-state index in [-0.39, 0.29) is 0 Å². The van der Waals surface area contributed by atoms with Crippen molar-refractivity contribution in [2.24, 2.45) is 0 Å². The Labute approximate surface area is 282 Å². The third kappa shape index (κ3) is 4.49. The van der Waals surface area contributed by atoms with Crippen molar-refractivity contribution < 1.29 is 4.42 Å². The summed E-state index contributed by atoms with van der Waals surface area (Å²) in [5, 5.41) is 9.12. The fourth-order valence-corrected chi connectivity index (χ4v) is 7.22. The Morgan fingerprint density at radius 2 is 0.980 bits per heavy atom. The highest BCUT2D eigenvalue weighted by Crippen LogP contribution is 2.40. The van der Waals surface area contributed by atoms with Crippen LogP contribution in [0.5, 0.6) is 0 Å². The molecule has 0 saturated carbocycles. The van der Waals surface area contributed by atoms with Crippen molar-refractivity contribution in [2.45, 2.75) is 0 Å². The fraction of sp³-hybridized carbons (Fsp3) is 0. The van der Waals surface area contributed by atoms with Crippen LogP contribution in [0.2, 0.25) is 0 Å². The van der Waals surface area contributed by atoms with Gasteiger partial charge in [0.05, 0.1) is 0 Å². The highest BCUT2D eigenvalue weighted by atomic mass is 16.3. The van der Waals surface area contributed by atoms with E-state index in [9.17, 15) is 0 Å². The average Bonchev–Trinajstić information content (AvgIpc) is 3.56. The van der Waals surface area contributed by atoms with Gasteiger partial charge in [-0.2, -0.15) is 0 Å². The summed E-state index contributed by atoms with van der Waals surface area (Å²) < 4.78 is 6.48. The first-order valence-electron chi connectivity index (χ1n) is 16.4. The molecular formula is C45H27N3O. The maximum absolute atomic E-state index is 6.48. The van der Waals surface area contributed by atoms with Gasteiger partial charge in [-0.25, -0.2) is 15.0 Å². The monoisotopic (exact) mass is 625 g/mol. The molecule has 10 aromatic rings.